The maximum atomic E-state index is 6.30. The maximum Gasteiger partial charge on any atom is 0.133 e. The van der Waals surface area contributed by atoms with Crippen LogP contribution in [0.25, 0.3) is 0 Å². The Labute approximate surface area is 121 Å². The van der Waals surface area contributed by atoms with Gasteiger partial charge in [-0.15, -0.1) is 11.8 Å². The van der Waals surface area contributed by atoms with Crippen molar-refractivity contribution in [3.8, 4) is 5.75 Å². The molecule has 1 aliphatic heterocycles. The van der Waals surface area contributed by atoms with E-state index in [4.69, 9.17) is 22.1 Å². The maximum absolute atomic E-state index is 6.30. The fourth-order valence-corrected chi connectivity index (χ4v) is 3.29. The van der Waals surface area contributed by atoms with Crippen LogP contribution >= 0.6 is 23.4 Å². The summed E-state index contributed by atoms with van der Waals surface area (Å²) < 4.78 is 6.00. The van der Waals surface area contributed by atoms with E-state index in [1.54, 1.807) is 11.8 Å². The summed E-state index contributed by atoms with van der Waals surface area (Å²) in [6.45, 7) is 0. The quantitative estimate of drug-likeness (QED) is 0.911. The molecule has 2 unspecified atom stereocenters. The number of fused-ring (bicyclic) bond motifs is 1. The zero-order valence-electron chi connectivity index (χ0n) is 10.3. The molecule has 19 heavy (non-hydrogen) atoms. The molecule has 2 aromatic rings. The summed E-state index contributed by atoms with van der Waals surface area (Å²) in [6.07, 6.45) is -0.0129. The highest BCUT2D eigenvalue weighted by Crippen LogP contribution is 2.37. The van der Waals surface area contributed by atoms with Crippen LogP contribution in [0, 0.1) is 0 Å². The monoisotopic (exact) mass is 291 g/mol. The van der Waals surface area contributed by atoms with Crippen LogP contribution < -0.4 is 10.5 Å². The molecule has 0 amide bonds. The molecule has 0 saturated carbocycles. The van der Waals surface area contributed by atoms with Gasteiger partial charge in [-0.2, -0.15) is 0 Å². The molecular formula is C15H14ClNOS. The number of ether oxygens (including phenoxy) is 1. The smallest absolute Gasteiger partial charge is 0.133 e. The average Bonchev–Trinajstić information content (AvgIpc) is 2.47. The summed E-state index contributed by atoms with van der Waals surface area (Å²) in [4.78, 5) is 1.18. The fourth-order valence-electron chi connectivity index (χ4n) is 2.11. The number of para-hydroxylation sites is 1. The van der Waals surface area contributed by atoms with Gasteiger partial charge in [-0.3, -0.25) is 0 Å². The molecule has 2 atom stereocenters. The van der Waals surface area contributed by atoms with Crippen LogP contribution in [0.4, 0.5) is 0 Å². The van der Waals surface area contributed by atoms with Crippen molar-refractivity contribution >= 4 is 23.4 Å². The average molecular weight is 292 g/mol. The van der Waals surface area contributed by atoms with E-state index in [0.29, 0.717) is 0 Å². The first-order valence-electron chi connectivity index (χ1n) is 6.13. The summed E-state index contributed by atoms with van der Waals surface area (Å²) >= 11 is 7.68. The lowest BCUT2D eigenvalue weighted by Crippen LogP contribution is -2.35. The molecule has 3 rings (SSSR count). The predicted molar refractivity (Wildman–Crippen MR) is 80.0 cm³/mol. The minimum absolute atomic E-state index is 0.0129. The number of hydrogen-bond acceptors (Lipinski definition) is 3. The molecule has 2 N–H and O–H groups in total. The van der Waals surface area contributed by atoms with E-state index in [-0.39, 0.29) is 12.1 Å². The van der Waals surface area contributed by atoms with Crippen LogP contribution in [-0.2, 0) is 0 Å². The van der Waals surface area contributed by atoms with Gasteiger partial charge in [-0.05, 0) is 29.8 Å². The molecule has 98 valence electrons. The Kier molecular flexibility index (Phi) is 3.69. The van der Waals surface area contributed by atoms with Crippen molar-refractivity contribution in [3.05, 3.63) is 59.1 Å². The lowest BCUT2D eigenvalue weighted by Gasteiger charge is -2.30. The van der Waals surface area contributed by atoms with Crippen LogP contribution in [0.2, 0.25) is 5.02 Å². The number of halogens is 1. The van der Waals surface area contributed by atoms with Gasteiger partial charge in [0.2, 0.25) is 0 Å². The largest absolute Gasteiger partial charge is 0.486 e. The molecule has 0 aromatic heterocycles. The highest BCUT2D eigenvalue weighted by molar-refractivity contribution is 7.99. The number of benzene rings is 2. The number of hydrogen-bond donors (Lipinski definition) is 1. The van der Waals surface area contributed by atoms with Crippen LogP contribution in [0.5, 0.6) is 5.75 Å². The van der Waals surface area contributed by atoms with Crippen molar-refractivity contribution in [1.29, 1.82) is 0 Å². The first-order valence-corrected chi connectivity index (χ1v) is 7.50. The summed E-state index contributed by atoms with van der Waals surface area (Å²) in [5.74, 6) is 1.79. The molecule has 1 aliphatic rings. The molecule has 0 radical (unpaired) electrons. The number of nitrogens with two attached hydrogens (primary N) is 1. The standard InChI is InChI=1S/C15H14ClNOS/c16-11-7-5-10(6-8-11)15(17)13-9-19-14-4-2-1-3-12(14)18-13/h1-8,13,15H,9,17H2. The van der Waals surface area contributed by atoms with E-state index in [9.17, 15) is 0 Å². The van der Waals surface area contributed by atoms with Crippen LogP contribution in [0.3, 0.4) is 0 Å². The van der Waals surface area contributed by atoms with Gasteiger partial charge in [0.15, 0.2) is 0 Å². The highest BCUT2D eigenvalue weighted by Gasteiger charge is 2.26. The Hall–Kier alpha value is -1.16. The molecule has 2 nitrogen and oxygen atoms in total. The molecule has 4 heteroatoms. The number of rotatable bonds is 2. The lowest BCUT2D eigenvalue weighted by atomic mass is 10.0. The van der Waals surface area contributed by atoms with Crippen molar-refractivity contribution in [3.63, 3.8) is 0 Å². The second kappa shape index (κ2) is 5.45. The van der Waals surface area contributed by atoms with Crippen molar-refractivity contribution in [2.24, 2.45) is 5.73 Å². The first-order chi connectivity index (χ1) is 9.24. The van der Waals surface area contributed by atoms with Gasteiger partial charge in [0, 0.05) is 15.7 Å². The zero-order chi connectivity index (χ0) is 13.2. The van der Waals surface area contributed by atoms with Gasteiger partial charge in [-0.1, -0.05) is 35.9 Å². The van der Waals surface area contributed by atoms with Gasteiger partial charge in [0.05, 0.1) is 6.04 Å². The van der Waals surface area contributed by atoms with Gasteiger partial charge < -0.3 is 10.5 Å². The SMILES string of the molecule is NC(c1ccc(Cl)cc1)C1CSc2ccccc2O1. The Morgan fingerprint density at radius 3 is 2.68 bits per heavy atom. The summed E-state index contributed by atoms with van der Waals surface area (Å²) in [6, 6.07) is 15.6. The fraction of sp³-hybridized carbons (Fsp3) is 0.200. The van der Waals surface area contributed by atoms with E-state index in [1.807, 2.05) is 42.5 Å². The van der Waals surface area contributed by atoms with E-state index < -0.39 is 0 Å². The summed E-state index contributed by atoms with van der Waals surface area (Å²) in [5.41, 5.74) is 7.35. The molecular weight excluding hydrogens is 278 g/mol. The normalized spacial score (nSPS) is 19.4. The predicted octanol–water partition coefficient (Wildman–Crippen LogP) is 3.89. The highest BCUT2D eigenvalue weighted by atomic mass is 35.5. The molecule has 0 spiro atoms. The third kappa shape index (κ3) is 2.73. The molecule has 1 heterocycles. The van der Waals surface area contributed by atoms with E-state index >= 15 is 0 Å². The Morgan fingerprint density at radius 1 is 1.16 bits per heavy atom. The van der Waals surface area contributed by atoms with Gasteiger partial charge in [-0.25, -0.2) is 0 Å². The zero-order valence-corrected chi connectivity index (χ0v) is 11.8. The molecule has 0 aliphatic carbocycles. The minimum Gasteiger partial charge on any atom is -0.486 e. The second-order valence-electron chi connectivity index (χ2n) is 4.49. The lowest BCUT2D eigenvalue weighted by molar-refractivity contribution is 0.185. The van der Waals surface area contributed by atoms with Crippen molar-refractivity contribution in [2.45, 2.75) is 17.0 Å². The van der Waals surface area contributed by atoms with Crippen molar-refractivity contribution < 1.29 is 4.74 Å². The Balaban J connectivity index is 1.79. The third-order valence-corrected chi connectivity index (χ3v) is 4.58. The summed E-state index contributed by atoms with van der Waals surface area (Å²) in [7, 11) is 0. The van der Waals surface area contributed by atoms with Gasteiger partial charge >= 0.3 is 0 Å². The third-order valence-electron chi connectivity index (χ3n) is 3.19. The van der Waals surface area contributed by atoms with Crippen LogP contribution in [-0.4, -0.2) is 11.9 Å². The minimum atomic E-state index is -0.141. The topological polar surface area (TPSA) is 35.2 Å². The Morgan fingerprint density at radius 2 is 1.89 bits per heavy atom. The number of thioether (sulfide) groups is 1. The van der Waals surface area contributed by atoms with Crippen LogP contribution in [0.15, 0.2) is 53.4 Å². The van der Waals surface area contributed by atoms with Crippen LogP contribution in [0.1, 0.15) is 11.6 Å². The first kappa shape index (κ1) is 12.9. The summed E-state index contributed by atoms with van der Waals surface area (Å²) in [5, 5.41) is 0.722. The molecule has 0 bridgehead atoms. The molecule has 2 aromatic carbocycles. The Bertz CT molecular complexity index is 573. The van der Waals surface area contributed by atoms with E-state index in [1.165, 1.54) is 4.90 Å². The van der Waals surface area contributed by atoms with Gasteiger partial charge in [0.25, 0.3) is 0 Å². The molecule has 0 saturated heterocycles. The second-order valence-corrected chi connectivity index (χ2v) is 5.99. The van der Waals surface area contributed by atoms with E-state index in [0.717, 1.165) is 22.1 Å². The van der Waals surface area contributed by atoms with E-state index in [2.05, 4.69) is 6.07 Å². The molecule has 0 fully saturated rings. The van der Waals surface area contributed by atoms with Gasteiger partial charge in [0.1, 0.15) is 11.9 Å². The van der Waals surface area contributed by atoms with Crippen molar-refractivity contribution in [1.82, 2.24) is 0 Å². The van der Waals surface area contributed by atoms with Crippen molar-refractivity contribution in [2.75, 3.05) is 5.75 Å².